The molecular weight excluding hydrogens is 392 g/mol. The van der Waals surface area contributed by atoms with Gasteiger partial charge in [-0.25, -0.2) is 4.79 Å². The molecule has 0 saturated carbocycles. The van der Waals surface area contributed by atoms with Crippen molar-refractivity contribution in [1.82, 2.24) is 15.5 Å². The lowest BCUT2D eigenvalue weighted by molar-refractivity contribution is -0.145. The highest BCUT2D eigenvalue weighted by Gasteiger charge is 2.39. The highest BCUT2D eigenvalue weighted by Crippen LogP contribution is 2.19. The number of carboxylic acid groups (broad SMARTS) is 2. The number of nitrogens with zero attached hydrogens (tertiary/aromatic N) is 1. The molecule has 164 valence electrons. The van der Waals surface area contributed by atoms with Crippen molar-refractivity contribution in [2.45, 2.75) is 56.5 Å². The zero-order valence-corrected chi connectivity index (χ0v) is 15.8. The van der Waals surface area contributed by atoms with Crippen LogP contribution in [0.2, 0.25) is 0 Å². The lowest BCUT2D eigenvalue weighted by atomic mass is 10.1. The molecule has 0 aromatic carbocycles. The number of hydrogen-bond acceptors (Lipinski definition) is 8. The number of nitrogens with one attached hydrogen (secondary N) is 2. The summed E-state index contributed by atoms with van der Waals surface area (Å²) < 4.78 is 0. The molecule has 0 aromatic rings. The van der Waals surface area contributed by atoms with Crippen LogP contribution >= 0.6 is 0 Å². The summed E-state index contributed by atoms with van der Waals surface area (Å²) in [5.74, 6) is -5.56. The molecule has 8 N–H and O–H groups in total. The van der Waals surface area contributed by atoms with E-state index in [0.29, 0.717) is 6.42 Å². The number of carboxylic acids is 2. The van der Waals surface area contributed by atoms with Crippen molar-refractivity contribution in [3.63, 3.8) is 0 Å². The molecule has 5 atom stereocenters. The molecule has 0 spiro atoms. The normalized spacial score (nSPS) is 20.3. The lowest BCUT2D eigenvalue weighted by Crippen LogP contribution is -2.58. The van der Waals surface area contributed by atoms with Crippen molar-refractivity contribution in [2.75, 3.05) is 13.2 Å². The molecule has 1 saturated heterocycles. The van der Waals surface area contributed by atoms with Gasteiger partial charge in [0.25, 0.3) is 0 Å². The molecule has 5 unspecified atom stereocenters. The summed E-state index contributed by atoms with van der Waals surface area (Å²) in [6.45, 7) is 0.580. The maximum atomic E-state index is 12.6. The van der Waals surface area contributed by atoms with Crippen molar-refractivity contribution in [3.05, 3.63) is 0 Å². The smallest absolute Gasteiger partial charge is 0.328 e. The van der Waals surface area contributed by atoms with Crippen molar-refractivity contribution < 1.29 is 44.4 Å². The Morgan fingerprint density at radius 3 is 2.24 bits per heavy atom. The Hall–Kier alpha value is -2.77. The van der Waals surface area contributed by atoms with Crippen LogP contribution in [0.15, 0.2) is 0 Å². The van der Waals surface area contributed by atoms with Gasteiger partial charge in [0.1, 0.15) is 24.2 Å². The largest absolute Gasteiger partial charge is 0.481 e. The van der Waals surface area contributed by atoms with Crippen molar-refractivity contribution in [1.29, 1.82) is 0 Å². The number of aliphatic carboxylic acids is 2. The van der Waals surface area contributed by atoms with Crippen LogP contribution in [-0.4, -0.2) is 98.4 Å². The van der Waals surface area contributed by atoms with E-state index < -0.39 is 73.0 Å². The topological polar surface area (TPSA) is 220 Å². The Balaban J connectivity index is 2.91. The van der Waals surface area contributed by atoms with E-state index in [-0.39, 0.29) is 13.0 Å². The molecule has 13 nitrogen and oxygen atoms in total. The van der Waals surface area contributed by atoms with Gasteiger partial charge >= 0.3 is 11.9 Å². The molecule has 13 heteroatoms. The molecule has 1 fully saturated rings. The number of nitrogens with two attached hydrogens (primary N) is 1. The zero-order valence-electron chi connectivity index (χ0n) is 15.8. The molecule has 0 aromatic heterocycles. The predicted molar refractivity (Wildman–Crippen MR) is 95.2 cm³/mol. The Morgan fingerprint density at radius 2 is 1.76 bits per heavy atom. The third-order valence-electron chi connectivity index (χ3n) is 4.45. The fourth-order valence-corrected chi connectivity index (χ4v) is 2.81. The summed E-state index contributed by atoms with van der Waals surface area (Å²) in [6, 6.07) is -5.58. The van der Waals surface area contributed by atoms with Crippen LogP contribution in [0, 0.1) is 0 Å². The Labute approximate surface area is 165 Å². The monoisotopic (exact) mass is 418 g/mol. The van der Waals surface area contributed by atoms with Crippen LogP contribution in [0.4, 0.5) is 0 Å². The average molecular weight is 418 g/mol. The second-order valence-corrected chi connectivity index (χ2v) is 6.70. The van der Waals surface area contributed by atoms with E-state index in [1.54, 1.807) is 0 Å². The molecule has 0 aliphatic carbocycles. The fourth-order valence-electron chi connectivity index (χ4n) is 2.81. The van der Waals surface area contributed by atoms with Crippen LogP contribution in [0.25, 0.3) is 0 Å². The van der Waals surface area contributed by atoms with E-state index in [1.165, 1.54) is 6.92 Å². The van der Waals surface area contributed by atoms with Gasteiger partial charge in [-0.05, 0) is 19.8 Å². The van der Waals surface area contributed by atoms with Crippen LogP contribution < -0.4 is 16.4 Å². The number of rotatable bonds is 10. The van der Waals surface area contributed by atoms with E-state index in [2.05, 4.69) is 5.32 Å². The van der Waals surface area contributed by atoms with Gasteiger partial charge in [0.2, 0.25) is 17.7 Å². The lowest BCUT2D eigenvalue weighted by Gasteiger charge is -2.29. The van der Waals surface area contributed by atoms with Crippen molar-refractivity contribution in [3.8, 4) is 0 Å². The average Bonchev–Trinajstić information content (AvgIpc) is 3.13. The van der Waals surface area contributed by atoms with E-state index in [0.717, 1.165) is 4.90 Å². The van der Waals surface area contributed by atoms with Crippen molar-refractivity contribution in [2.24, 2.45) is 5.73 Å². The number of carbonyl (C=O) groups excluding carboxylic acids is 3. The molecule has 1 aliphatic rings. The fraction of sp³-hybridized carbons (Fsp3) is 0.688. The maximum Gasteiger partial charge on any atom is 0.328 e. The summed E-state index contributed by atoms with van der Waals surface area (Å²) in [6.07, 6.45) is -1.30. The quantitative estimate of drug-likeness (QED) is 0.183. The second-order valence-electron chi connectivity index (χ2n) is 6.70. The number of aliphatic hydroxyl groups is 2. The minimum Gasteiger partial charge on any atom is -0.481 e. The van der Waals surface area contributed by atoms with E-state index in [4.69, 9.17) is 21.1 Å². The van der Waals surface area contributed by atoms with E-state index in [9.17, 15) is 29.1 Å². The van der Waals surface area contributed by atoms with E-state index in [1.807, 2.05) is 5.32 Å². The Bertz CT molecular complexity index is 654. The van der Waals surface area contributed by atoms with Gasteiger partial charge in [-0.15, -0.1) is 0 Å². The number of carbonyl (C=O) groups is 5. The first-order valence-electron chi connectivity index (χ1n) is 8.89. The minimum atomic E-state index is -1.68. The second kappa shape index (κ2) is 10.7. The number of amides is 3. The summed E-state index contributed by atoms with van der Waals surface area (Å²) in [5.41, 5.74) is 5.62. The van der Waals surface area contributed by atoms with Gasteiger partial charge in [0.05, 0.1) is 19.1 Å². The number of likely N-dealkylation sites (tertiary alicyclic amines) is 1. The van der Waals surface area contributed by atoms with Gasteiger partial charge in [0.15, 0.2) is 0 Å². The first-order chi connectivity index (χ1) is 13.5. The van der Waals surface area contributed by atoms with Crippen LogP contribution in [0.5, 0.6) is 0 Å². The molecule has 0 bridgehead atoms. The first-order valence-corrected chi connectivity index (χ1v) is 8.89. The number of hydrogen-bond donors (Lipinski definition) is 7. The highest BCUT2D eigenvalue weighted by atomic mass is 16.4. The predicted octanol–water partition coefficient (Wildman–Crippen LogP) is -3.79. The molecule has 3 amide bonds. The van der Waals surface area contributed by atoms with Gasteiger partial charge in [-0.3, -0.25) is 19.2 Å². The third kappa shape index (κ3) is 6.66. The van der Waals surface area contributed by atoms with Crippen molar-refractivity contribution >= 4 is 29.7 Å². The Kier molecular flexibility index (Phi) is 8.94. The molecule has 0 radical (unpaired) electrons. The van der Waals surface area contributed by atoms with Gasteiger partial charge in [-0.1, -0.05) is 0 Å². The molecular formula is C16H26N4O9. The van der Waals surface area contributed by atoms with Gasteiger partial charge in [-0.2, -0.15) is 0 Å². The van der Waals surface area contributed by atoms with Gasteiger partial charge < -0.3 is 41.7 Å². The third-order valence-corrected chi connectivity index (χ3v) is 4.45. The minimum absolute atomic E-state index is 0.193. The summed E-state index contributed by atoms with van der Waals surface area (Å²) >= 11 is 0. The summed E-state index contributed by atoms with van der Waals surface area (Å²) in [4.78, 5) is 60.3. The molecule has 29 heavy (non-hydrogen) atoms. The molecule has 1 heterocycles. The first kappa shape index (κ1) is 24.3. The standard InChI is InChI=1S/C16H26N4O9/c1-7(22)12(17)15(27)20-4-2-3-10(20)14(26)18-8(5-11(23)24)13(25)19-9(6-21)16(28)29/h7-10,12,21-22H,2-6,17H2,1H3,(H,18,26)(H,19,25)(H,23,24)(H,28,29). The van der Waals surface area contributed by atoms with Crippen LogP contribution in [0.3, 0.4) is 0 Å². The SMILES string of the molecule is CC(O)C(N)C(=O)N1CCCC1C(=O)NC(CC(=O)O)C(=O)NC(CO)C(=O)O. The number of aliphatic hydroxyl groups excluding tert-OH is 2. The highest BCUT2D eigenvalue weighted by molar-refractivity contribution is 5.95. The van der Waals surface area contributed by atoms with Crippen LogP contribution in [-0.2, 0) is 24.0 Å². The molecule has 1 aliphatic heterocycles. The molecule has 1 rings (SSSR count). The Morgan fingerprint density at radius 1 is 1.14 bits per heavy atom. The van der Waals surface area contributed by atoms with Crippen LogP contribution in [0.1, 0.15) is 26.2 Å². The summed E-state index contributed by atoms with van der Waals surface area (Å²) in [5, 5.41) is 40.5. The van der Waals surface area contributed by atoms with E-state index >= 15 is 0 Å². The van der Waals surface area contributed by atoms with Gasteiger partial charge in [0, 0.05) is 6.54 Å². The zero-order chi connectivity index (χ0) is 22.3. The maximum absolute atomic E-state index is 12.6. The summed E-state index contributed by atoms with van der Waals surface area (Å²) in [7, 11) is 0.